The molecule has 0 saturated heterocycles. The summed E-state index contributed by atoms with van der Waals surface area (Å²) in [5.74, 6) is -1.88. The maximum Gasteiger partial charge on any atom is 0.419 e. The monoisotopic (exact) mass is 462 g/mol. The lowest BCUT2D eigenvalue weighted by Gasteiger charge is -2.20. The Kier molecular flexibility index (Phi) is 5.86. The van der Waals surface area contributed by atoms with Crippen LogP contribution in [0.5, 0.6) is 0 Å². The second-order valence-corrected chi connectivity index (χ2v) is 7.34. The Labute approximate surface area is 183 Å². The fourth-order valence-electron chi connectivity index (χ4n) is 2.80. The maximum atomic E-state index is 14.3. The summed E-state index contributed by atoms with van der Waals surface area (Å²) in [7, 11) is 0. The molecule has 0 radical (unpaired) electrons. The number of halogens is 4. The average Bonchev–Trinajstić information content (AvgIpc) is 3.22. The summed E-state index contributed by atoms with van der Waals surface area (Å²) in [5.41, 5.74) is 2.35. The molecular weight excluding hydrogens is 448 g/mol. The predicted octanol–water partition coefficient (Wildman–Crippen LogP) is 4.88. The minimum atomic E-state index is -4.82. The number of nitrogens with one attached hydrogen (secondary N) is 2. The zero-order valence-electron chi connectivity index (χ0n) is 16.1. The molecule has 1 amide bonds. The first-order valence-electron chi connectivity index (χ1n) is 9.11. The number of aliphatic imine (C=N–C) groups is 1. The zero-order chi connectivity index (χ0) is 22.7. The molecule has 0 saturated carbocycles. The van der Waals surface area contributed by atoms with E-state index < -0.39 is 23.5 Å². The van der Waals surface area contributed by atoms with Gasteiger partial charge in [0.05, 0.1) is 23.2 Å². The fourth-order valence-corrected chi connectivity index (χ4v) is 3.51. The van der Waals surface area contributed by atoms with Gasteiger partial charge in [-0.15, -0.1) is 11.3 Å². The molecule has 32 heavy (non-hydrogen) atoms. The number of carbonyl (C=O) groups is 1. The zero-order valence-corrected chi connectivity index (χ0v) is 16.9. The van der Waals surface area contributed by atoms with Crippen molar-refractivity contribution in [2.75, 3.05) is 17.4 Å². The molecule has 1 aromatic heterocycles. The van der Waals surface area contributed by atoms with Gasteiger partial charge in [0.25, 0.3) is 5.91 Å². The predicted molar refractivity (Wildman–Crippen MR) is 114 cm³/mol. The molecule has 0 bridgehead atoms. The van der Waals surface area contributed by atoms with Crippen LogP contribution in [0.2, 0.25) is 0 Å². The third-order valence-electron chi connectivity index (χ3n) is 4.30. The minimum absolute atomic E-state index is 0.00167. The number of hydrogen-bond donors (Lipinski definition) is 2. The van der Waals surface area contributed by atoms with Gasteiger partial charge in [0.15, 0.2) is 5.13 Å². The van der Waals surface area contributed by atoms with E-state index in [4.69, 9.17) is 0 Å². The normalized spacial score (nSPS) is 13.3. The minimum Gasteiger partial charge on any atom is -0.298 e. The molecule has 2 aromatic carbocycles. The highest BCUT2D eigenvalue weighted by Crippen LogP contribution is 2.36. The topological polar surface area (TPSA) is 82.0 Å². The van der Waals surface area contributed by atoms with Gasteiger partial charge in [-0.2, -0.15) is 23.4 Å². The number of nitrogens with zero attached hydrogens (tertiary/aromatic N) is 4. The van der Waals surface area contributed by atoms with E-state index in [1.807, 2.05) is 0 Å². The smallest absolute Gasteiger partial charge is 0.298 e. The lowest BCUT2D eigenvalue weighted by atomic mass is 10.1. The van der Waals surface area contributed by atoms with Crippen molar-refractivity contribution in [2.24, 2.45) is 10.1 Å². The number of thiazole rings is 1. The van der Waals surface area contributed by atoms with Crippen molar-refractivity contribution in [1.29, 1.82) is 0 Å². The van der Waals surface area contributed by atoms with Crippen LogP contribution in [0, 0.1) is 5.82 Å². The molecule has 4 rings (SSSR count). The van der Waals surface area contributed by atoms with Gasteiger partial charge in [0.1, 0.15) is 12.5 Å². The van der Waals surface area contributed by atoms with Crippen LogP contribution in [0.25, 0.3) is 11.3 Å². The number of amides is 1. The first-order valence-corrected chi connectivity index (χ1v) is 9.99. The number of hydrazine groups is 1. The number of aromatic nitrogens is 1. The number of hydrogen-bond acceptors (Lipinski definition) is 7. The van der Waals surface area contributed by atoms with Crippen LogP contribution < -0.4 is 10.7 Å². The summed E-state index contributed by atoms with van der Waals surface area (Å²) >= 11 is 0.977. The van der Waals surface area contributed by atoms with Crippen LogP contribution in [0.1, 0.15) is 15.9 Å². The van der Waals surface area contributed by atoms with Crippen molar-refractivity contribution >= 4 is 40.5 Å². The number of hydrazone groups is 1. The van der Waals surface area contributed by atoms with E-state index in [2.05, 4.69) is 25.8 Å². The highest BCUT2D eigenvalue weighted by Gasteiger charge is 2.35. The molecule has 0 aliphatic carbocycles. The van der Waals surface area contributed by atoms with Gasteiger partial charge in [-0.05, 0) is 36.4 Å². The van der Waals surface area contributed by atoms with E-state index in [0.717, 1.165) is 17.4 Å². The Morgan fingerprint density at radius 2 is 1.88 bits per heavy atom. The van der Waals surface area contributed by atoms with E-state index in [1.54, 1.807) is 30.5 Å². The first kappa shape index (κ1) is 21.4. The SMILES string of the molecule is O=C(Nc1nc(-c2cccc(C(F)(F)F)c2F)cs1)c1ccc(NN2CN=CC=N2)cc1. The largest absolute Gasteiger partial charge is 0.419 e. The third kappa shape index (κ3) is 4.75. The van der Waals surface area contributed by atoms with Crippen LogP contribution in [0.3, 0.4) is 0 Å². The fraction of sp³-hybridized carbons (Fsp3) is 0.100. The number of carbonyl (C=O) groups excluding carboxylic acids is 1. The number of rotatable bonds is 5. The van der Waals surface area contributed by atoms with Gasteiger partial charge in [0.2, 0.25) is 0 Å². The van der Waals surface area contributed by atoms with Gasteiger partial charge >= 0.3 is 6.18 Å². The molecule has 0 spiro atoms. The van der Waals surface area contributed by atoms with Crippen molar-refractivity contribution in [3.8, 4) is 11.3 Å². The Bertz CT molecular complexity index is 1190. The van der Waals surface area contributed by atoms with E-state index in [-0.39, 0.29) is 16.4 Å². The number of anilines is 2. The van der Waals surface area contributed by atoms with Crippen LogP contribution in [-0.2, 0) is 6.18 Å². The quantitative estimate of drug-likeness (QED) is 0.530. The van der Waals surface area contributed by atoms with Gasteiger partial charge in [-0.1, -0.05) is 6.07 Å². The molecule has 7 nitrogen and oxygen atoms in total. The highest BCUT2D eigenvalue weighted by molar-refractivity contribution is 7.14. The average molecular weight is 462 g/mol. The van der Waals surface area contributed by atoms with Crippen molar-refractivity contribution in [3.05, 3.63) is 64.8 Å². The van der Waals surface area contributed by atoms with Gasteiger partial charge in [0, 0.05) is 22.7 Å². The Hall–Kier alpha value is -3.80. The van der Waals surface area contributed by atoms with Gasteiger partial charge in [-0.3, -0.25) is 20.5 Å². The summed E-state index contributed by atoms with van der Waals surface area (Å²) in [6.07, 6.45) is -1.70. The molecule has 12 heteroatoms. The molecule has 2 N–H and O–H groups in total. The molecule has 3 aromatic rings. The first-order chi connectivity index (χ1) is 15.3. The molecule has 1 aliphatic rings. The second kappa shape index (κ2) is 8.75. The van der Waals surface area contributed by atoms with Crippen LogP contribution in [-0.4, -0.2) is 35.1 Å². The van der Waals surface area contributed by atoms with E-state index in [9.17, 15) is 22.4 Å². The molecule has 0 unspecified atom stereocenters. The Morgan fingerprint density at radius 1 is 1.09 bits per heavy atom. The molecule has 0 fully saturated rings. The molecule has 2 heterocycles. The number of benzene rings is 2. The second-order valence-electron chi connectivity index (χ2n) is 6.48. The van der Waals surface area contributed by atoms with Crippen molar-refractivity contribution in [2.45, 2.75) is 6.18 Å². The van der Waals surface area contributed by atoms with Gasteiger partial charge < -0.3 is 0 Å². The third-order valence-corrected chi connectivity index (χ3v) is 5.06. The van der Waals surface area contributed by atoms with Crippen LogP contribution in [0.4, 0.5) is 28.4 Å². The van der Waals surface area contributed by atoms with Gasteiger partial charge in [-0.25, -0.2) is 9.37 Å². The maximum absolute atomic E-state index is 14.3. The Balaban J connectivity index is 1.44. The van der Waals surface area contributed by atoms with Crippen molar-refractivity contribution < 1.29 is 22.4 Å². The summed E-state index contributed by atoms with van der Waals surface area (Å²) in [5, 5.41) is 9.65. The molecule has 164 valence electrons. The molecule has 0 atom stereocenters. The van der Waals surface area contributed by atoms with E-state index in [0.29, 0.717) is 24.0 Å². The van der Waals surface area contributed by atoms with E-state index >= 15 is 0 Å². The van der Waals surface area contributed by atoms with E-state index in [1.165, 1.54) is 22.8 Å². The summed E-state index contributed by atoms with van der Waals surface area (Å²) < 4.78 is 53.1. The molecular formula is C20H14F4N6OS. The standard InChI is InChI=1S/C20H14F4N6OS/c21-17-14(2-1-3-15(17)20(22,23)24)16-10-32-19(27-16)28-18(31)12-4-6-13(7-5-12)29-30-11-25-8-9-26-30/h1-10,29H,11H2,(H,27,28,31). The number of alkyl halides is 3. The van der Waals surface area contributed by atoms with Crippen LogP contribution in [0.15, 0.2) is 57.9 Å². The molecule has 1 aliphatic heterocycles. The highest BCUT2D eigenvalue weighted by atomic mass is 32.1. The summed E-state index contributed by atoms with van der Waals surface area (Å²) in [6, 6.07) is 9.48. The van der Waals surface area contributed by atoms with Crippen molar-refractivity contribution in [3.63, 3.8) is 0 Å². The van der Waals surface area contributed by atoms with Crippen LogP contribution >= 0.6 is 11.3 Å². The lowest BCUT2D eigenvalue weighted by molar-refractivity contribution is -0.139. The summed E-state index contributed by atoms with van der Waals surface area (Å²) in [4.78, 5) is 20.6. The summed E-state index contributed by atoms with van der Waals surface area (Å²) in [6.45, 7) is 0.345. The Morgan fingerprint density at radius 3 is 2.56 bits per heavy atom. The van der Waals surface area contributed by atoms with Crippen molar-refractivity contribution in [1.82, 2.24) is 10.1 Å². The lowest BCUT2D eigenvalue weighted by Crippen LogP contribution is -2.27.